The van der Waals surface area contributed by atoms with Crippen molar-refractivity contribution in [2.45, 2.75) is 12.5 Å². The van der Waals surface area contributed by atoms with E-state index in [0.717, 1.165) is 0 Å². The molecule has 1 aliphatic heterocycles. The number of rotatable bonds is 4. The van der Waals surface area contributed by atoms with E-state index in [1.54, 1.807) is 5.38 Å². The Morgan fingerprint density at radius 1 is 1.47 bits per heavy atom. The number of fused-ring (bicyclic) bond motifs is 1. The fourth-order valence-corrected chi connectivity index (χ4v) is 1.97. The van der Waals surface area contributed by atoms with Gasteiger partial charge in [-0.2, -0.15) is 0 Å². The minimum absolute atomic E-state index is 0.0125. The van der Waals surface area contributed by atoms with E-state index in [2.05, 4.69) is 0 Å². The number of aliphatic carboxylic acids is 1. The highest BCUT2D eigenvalue weighted by molar-refractivity contribution is 7.08. The molecule has 0 saturated carbocycles. The van der Waals surface area contributed by atoms with E-state index in [9.17, 15) is 9.59 Å². The zero-order chi connectivity index (χ0) is 12.3. The normalized spacial score (nSPS) is 17.5. The molecule has 0 aromatic carbocycles. The first-order valence-corrected chi connectivity index (χ1v) is 5.82. The first kappa shape index (κ1) is 11.7. The standard InChI is InChI=1S/C10H10O6S/c11-9(12)1-10(13)15-3-6-2-14-7-4-17-5-8(7)16-6/h4-6H,1-3H2,(H,11,12). The largest absolute Gasteiger partial charge is 0.485 e. The molecule has 1 unspecified atom stereocenters. The fraction of sp³-hybridized carbons (Fsp3) is 0.400. The second kappa shape index (κ2) is 5.05. The van der Waals surface area contributed by atoms with Crippen LogP contribution in [0.25, 0.3) is 0 Å². The van der Waals surface area contributed by atoms with Gasteiger partial charge in [0, 0.05) is 10.8 Å². The van der Waals surface area contributed by atoms with Crippen LogP contribution in [0.15, 0.2) is 10.8 Å². The number of hydrogen-bond donors (Lipinski definition) is 1. The van der Waals surface area contributed by atoms with Gasteiger partial charge < -0.3 is 19.3 Å². The number of ether oxygens (including phenoxy) is 3. The molecule has 1 N–H and O–H groups in total. The Kier molecular flexibility index (Phi) is 3.48. The minimum Gasteiger partial charge on any atom is -0.485 e. The lowest BCUT2D eigenvalue weighted by Gasteiger charge is -2.23. The molecule has 1 atom stereocenters. The molecule has 6 nitrogen and oxygen atoms in total. The van der Waals surface area contributed by atoms with Crippen LogP contribution >= 0.6 is 11.3 Å². The number of carboxylic acids is 1. The van der Waals surface area contributed by atoms with Crippen LogP contribution in [0.4, 0.5) is 0 Å². The second-order valence-corrected chi connectivity index (χ2v) is 4.15. The highest BCUT2D eigenvalue weighted by atomic mass is 32.1. The van der Waals surface area contributed by atoms with Crippen LogP contribution in [0.5, 0.6) is 11.5 Å². The lowest BCUT2D eigenvalue weighted by Crippen LogP contribution is -2.34. The van der Waals surface area contributed by atoms with Crippen LogP contribution in [0.3, 0.4) is 0 Å². The number of hydrogen-bond acceptors (Lipinski definition) is 6. The monoisotopic (exact) mass is 258 g/mol. The van der Waals surface area contributed by atoms with Crippen molar-refractivity contribution < 1.29 is 28.9 Å². The molecule has 17 heavy (non-hydrogen) atoms. The van der Waals surface area contributed by atoms with Crippen LogP contribution in [0, 0.1) is 0 Å². The zero-order valence-electron chi connectivity index (χ0n) is 8.75. The van der Waals surface area contributed by atoms with Crippen molar-refractivity contribution in [3.63, 3.8) is 0 Å². The Morgan fingerprint density at radius 2 is 2.24 bits per heavy atom. The van der Waals surface area contributed by atoms with E-state index < -0.39 is 24.5 Å². The van der Waals surface area contributed by atoms with Crippen molar-refractivity contribution >= 4 is 23.3 Å². The van der Waals surface area contributed by atoms with Gasteiger partial charge in [0.2, 0.25) is 0 Å². The van der Waals surface area contributed by atoms with Gasteiger partial charge in [0.1, 0.15) is 19.6 Å². The number of carbonyl (C=O) groups excluding carboxylic acids is 1. The Bertz CT molecular complexity index is 426. The van der Waals surface area contributed by atoms with Gasteiger partial charge in [-0.1, -0.05) is 0 Å². The lowest BCUT2D eigenvalue weighted by molar-refractivity contribution is -0.153. The summed E-state index contributed by atoms with van der Waals surface area (Å²) in [7, 11) is 0. The number of thiophene rings is 1. The Hall–Kier alpha value is -1.76. The molecule has 0 saturated heterocycles. The van der Waals surface area contributed by atoms with E-state index in [1.165, 1.54) is 11.3 Å². The average Bonchev–Trinajstić information content (AvgIpc) is 2.72. The third-order valence-electron chi connectivity index (χ3n) is 2.04. The van der Waals surface area contributed by atoms with Crippen molar-refractivity contribution in [1.29, 1.82) is 0 Å². The summed E-state index contributed by atoms with van der Waals surface area (Å²) >= 11 is 1.45. The molecule has 1 aromatic heterocycles. The maximum atomic E-state index is 11.0. The summed E-state index contributed by atoms with van der Waals surface area (Å²) < 4.78 is 15.6. The Morgan fingerprint density at radius 3 is 3.00 bits per heavy atom. The van der Waals surface area contributed by atoms with Crippen LogP contribution in [0.1, 0.15) is 6.42 Å². The van der Waals surface area contributed by atoms with Crippen molar-refractivity contribution in [2.75, 3.05) is 13.2 Å². The summed E-state index contributed by atoms with van der Waals surface area (Å²) in [4.78, 5) is 21.2. The van der Waals surface area contributed by atoms with Crippen molar-refractivity contribution in [1.82, 2.24) is 0 Å². The molecule has 1 aromatic rings. The maximum absolute atomic E-state index is 11.0. The summed E-state index contributed by atoms with van der Waals surface area (Å²) in [5.41, 5.74) is 0. The Labute approximate surface area is 101 Å². The van der Waals surface area contributed by atoms with Crippen LogP contribution < -0.4 is 9.47 Å². The van der Waals surface area contributed by atoms with Crippen LogP contribution in [0.2, 0.25) is 0 Å². The summed E-state index contributed by atoms with van der Waals surface area (Å²) in [6.07, 6.45) is -1.04. The first-order valence-electron chi connectivity index (χ1n) is 4.88. The molecule has 0 aliphatic carbocycles. The lowest BCUT2D eigenvalue weighted by atomic mass is 10.3. The molecular formula is C10H10O6S. The maximum Gasteiger partial charge on any atom is 0.317 e. The molecule has 0 bridgehead atoms. The highest BCUT2D eigenvalue weighted by Gasteiger charge is 2.23. The van der Waals surface area contributed by atoms with Crippen molar-refractivity contribution in [2.24, 2.45) is 0 Å². The molecule has 0 amide bonds. The van der Waals surface area contributed by atoms with Gasteiger partial charge in [-0.25, -0.2) is 0 Å². The van der Waals surface area contributed by atoms with E-state index in [1.807, 2.05) is 5.38 Å². The molecule has 2 rings (SSSR count). The van der Waals surface area contributed by atoms with Gasteiger partial charge in [0.15, 0.2) is 17.6 Å². The third-order valence-corrected chi connectivity index (χ3v) is 2.74. The molecule has 7 heteroatoms. The molecule has 0 radical (unpaired) electrons. The van der Waals surface area contributed by atoms with Gasteiger partial charge in [0.05, 0.1) is 0 Å². The van der Waals surface area contributed by atoms with Gasteiger partial charge in [0.25, 0.3) is 0 Å². The van der Waals surface area contributed by atoms with Gasteiger partial charge in [-0.15, -0.1) is 11.3 Å². The van der Waals surface area contributed by atoms with Crippen LogP contribution in [-0.4, -0.2) is 36.4 Å². The molecule has 0 fully saturated rings. The smallest absolute Gasteiger partial charge is 0.317 e. The van der Waals surface area contributed by atoms with E-state index in [0.29, 0.717) is 11.5 Å². The summed E-state index contributed by atoms with van der Waals surface area (Å²) in [5.74, 6) is -0.684. The number of carbonyl (C=O) groups is 2. The fourth-order valence-electron chi connectivity index (χ4n) is 1.30. The van der Waals surface area contributed by atoms with Crippen molar-refractivity contribution in [3.8, 4) is 11.5 Å². The molecule has 1 aliphatic rings. The molecular weight excluding hydrogens is 248 g/mol. The third kappa shape index (κ3) is 3.10. The van der Waals surface area contributed by atoms with E-state index >= 15 is 0 Å². The van der Waals surface area contributed by atoms with E-state index in [-0.39, 0.29) is 13.2 Å². The molecule has 2 heterocycles. The summed E-state index contributed by atoms with van der Waals surface area (Å²) in [6, 6.07) is 0. The second-order valence-electron chi connectivity index (χ2n) is 3.40. The quantitative estimate of drug-likeness (QED) is 0.638. The Balaban J connectivity index is 1.78. The number of esters is 1. The summed E-state index contributed by atoms with van der Waals surface area (Å²) in [5, 5.41) is 12.0. The highest BCUT2D eigenvalue weighted by Crippen LogP contribution is 2.35. The zero-order valence-corrected chi connectivity index (χ0v) is 9.57. The first-order chi connectivity index (χ1) is 8.15. The predicted molar refractivity (Wildman–Crippen MR) is 57.4 cm³/mol. The van der Waals surface area contributed by atoms with Crippen LogP contribution in [-0.2, 0) is 14.3 Å². The van der Waals surface area contributed by atoms with Crippen molar-refractivity contribution in [3.05, 3.63) is 10.8 Å². The van der Waals surface area contributed by atoms with Gasteiger partial charge >= 0.3 is 11.9 Å². The number of carboxylic acid groups (broad SMARTS) is 1. The minimum atomic E-state index is -1.21. The molecule has 92 valence electrons. The van der Waals surface area contributed by atoms with Gasteiger partial charge in [-0.3, -0.25) is 9.59 Å². The predicted octanol–water partition coefficient (Wildman–Crippen LogP) is 0.906. The SMILES string of the molecule is O=C(O)CC(=O)OCC1COc2cscc2O1. The van der Waals surface area contributed by atoms with E-state index in [4.69, 9.17) is 19.3 Å². The van der Waals surface area contributed by atoms with Gasteiger partial charge in [-0.05, 0) is 0 Å². The average molecular weight is 258 g/mol. The summed E-state index contributed by atoms with van der Waals surface area (Å²) in [6.45, 7) is 0.269. The topological polar surface area (TPSA) is 82.1 Å². The molecule has 0 spiro atoms.